The van der Waals surface area contributed by atoms with Crippen molar-refractivity contribution in [3.05, 3.63) is 0 Å². The maximum atomic E-state index is 13.1. The van der Waals surface area contributed by atoms with Gasteiger partial charge in [0.1, 0.15) is 6.04 Å². The number of carbonyl (C=O) groups excluding carboxylic acids is 2. The van der Waals surface area contributed by atoms with E-state index in [1.165, 1.54) is 51.6 Å². The van der Waals surface area contributed by atoms with Gasteiger partial charge in [0.25, 0.3) is 0 Å². The van der Waals surface area contributed by atoms with Crippen molar-refractivity contribution in [3.63, 3.8) is 0 Å². The summed E-state index contributed by atoms with van der Waals surface area (Å²) in [6, 6.07) is 0.604. The molecule has 1 aliphatic carbocycles. The molecule has 3 saturated heterocycles. The Hall–Kier alpha value is -1.14. The minimum atomic E-state index is -0.403. The lowest BCUT2D eigenvalue weighted by Crippen LogP contribution is -2.75. The molecule has 4 rings (SSSR count). The number of likely N-dealkylation sites (tertiary alicyclic amines) is 3. The van der Waals surface area contributed by atoms with E-state index in [1.807, 2.05) is 18.7 Å². The van der Waals surface area contributed by atoms with Crippen LogP contribution in [0.25, 0.3) is 0 Å². The van der Waals surface area contributed by atoms with Crippen LogP contribution >= 0.6 is 0 Å². The van der Waals surface area contributed by atoms with Crippen molar-refractivity contribution in [2.24, 2.45) is 5.41 Å². The first-order chi connectivity index (χ1) is 14.5. The monoisotopic (exact) mass is 418 g/mol. The standard InChI is InChI=1S/C24H42N4O2/c1-19(2)28-21(24(23(28)30)11-5-3-6-12-24)22(29)25-13-18-26-16-9-20(10-17-26)27-14-7-4-8-15-27/h19-21H,3-18H2,1-2H3,(H,25,29). The van der Waals surface area contributed by atoms with Gasteiger partial charge in [-0.05, 0) is 78.6 Å². The largest absolute Gasteiger partial charge is 0.353 e. The summed E-state index contributed by atoms with van der Waals surface area (Å²) < 4.78 is 0. The zero-order chi connectivity index (χ0) is 21.1. The summed E-state index contributed by atoms with van der Waals surface area (Å²) in [4.78, 5) is 33.1. The highest BCUT2D eigenvalue weighted by atomic mass is 16.2. The van der Waals surface area contributed by atoms with Crippen molar-refractivity contribution in [1.82, 2.24) is 20.0 Å². The lowest BCUT2D eigenvalue weighted by atomic mass is 9.61. The number of carbonyl (C=O) groups is 2. The second-order valence-electron chi connectivity index (χ2n) is 10.4. The van der Waals surface area contributed by atoms with Crippen LogP contribution in [0.1, 0.15) is 78.1 Å². The summed E-state index contributed by atoms with van der Waals surface area (Å²) in [5, 5.41) is 3.20. The van der Waals surface area contributed by atoms with Gasteiger partial charge in [-0.2, -0.15) is 0 Å². The van der Waals surface area contributed by atoms with Crippen LogP contribution in [-0.4, -0.2) is 83.9 Å². The third kappa shape index (κ3) is 4.27. The molecule has 6 nitrogen and oxygen atoms in total. The first-order valence-corrected chi connectivity index (χ1v) is 12.6. The minimum absolute atomic E-state index is 0.0772. The van der Waals surface area contributed by atoms with Crippen LogP contribution in [0, 0.1) is 5.41 Å². The molecule has 3 heterocycles. The number of nitrogens with zero attached hydrogens (tertiary/aromatic N) is 3. The van der Waals surface area contributed by atoms with Crippen molar-refractivity contribution in [3.8, 4) is 0 Å². The molecule has 1 atom stereocenters. The molecule has 4 aliphatic rings. The number of β-lactam (4-membered cyclic amide) rings is 1. The molecule has 3 aliphatic heterocycles. The summed E-state index contributed by atoms with van der Waals surface area (Å²) >= 11 is 0. The number of nitrogens with one attached hydrogen (secondary N) is 1. The van der Waals surface area contributed by atoms with Crippen molar-refractivity contribution >= 4 is 11.8 Å². The Kier molecular flexibility index (Phi) is 7.03. The molecule has 1 saturated carbocycles. The number of hydrogen-bond acceptors (Lipinski definition) is 4. The first-order valence-electron chi connectivity index (χ1n) is 12.6. The molecular formula is C24H42N4O2. The van der Waals surface area contributed by atoms with Gasteiger partial charge in [0.2, 0.25) is 11.8 Å². The van der Waals surface area contributed by atoms with Gasteiger partial charge in [0, 0.05) is 25.2 Å². The van der Waals surface area contributed by atoms with E-state index in [0.717, 1.165) is 51.4 Å². The molecule has 0 bridgehead atoms. The average molecular weight is 419 g/mol. The fourth-order valence-corrected chi connectivity index (χ4v) is 6.50. The molecule has 1 N–H and O–H groups in total. The van der Waals surface area contributed by atoms with E-state index in [1.54, 1.807) is 0 Å². The third-order valence-corrected chi connectivity index (χ3v) is 8.20. The Morgan fingerprint density at radius 1 is 1.00 bits per heavy atom. The maximum absolute atomic E-state index is 13.1. The Balaban J connectivity index is 1.23. The highest BCUT2D eigenvalue weighted by molar-refractivity contribution is 6.02. The molecule has 1 spiro atoms. The molecule has 30 heavy (non-hydrogen) atoms. The minimum Gasteiger partial charge on any atom is -0.353 e. The van der Waals surface area contributed by atoms with Crippen LogP contribution in [-0.2, 0) is 9.59 Å². The van der Waals surface area contributed by atoms with E-state index in [0.29, 0.717) is 6.54 Å². The Morgan fingerprint density at radius 2 is 1.63 bits per heavy atom. The number of piperidine rings is 2. The van der Waals surface area contributed by atoms with Gasteiger partial charge in [-0.25, -0.2) is 0 Å². The van der Waals surface area contributed by atoms with Crippen molar-refractivity contribution in [2.45, 2.75) is 96.2 Å². The molecule has 1 unspecified atom stereocenters. The van der Waals surface area contributed by atoms with Gasteiger partial charge in [0.05, 0.1) is 5.41 Å². The highest BCUT2D eigenvalue weighted by Crippen LogP contribution is 2.50. The fraction of sp³-hybridized carbons (Fsp3) is 0.917. The second-order valence-corrected chi connectivity index (χ2v) is 10.4. The van der Waals surface area contributed by atoms with Crippen LogP contribution in [0.4, 0.5) is 0 Å². The summed E-state index contributed by atoms with van der Waals surface area (Å²) in [5.74, 6) is 0.297. The van der Waals surface area contributed by atoms with Gasteiger partial charge in [-0.1, -0.05) is 25.7 Å². The Labute approximate surface area is 182 Å². The molecule has 0 aromatic rings. The summed E-state index contributed by atoms with van der Waals surface area (Å²) in [6.07, 6.45) is 11.8. The lowest BCUT2D eigenvalue weighted by molar-refractivity contribution is -0.185. The van der Waals surface area contributed by atoms with Gasteiger partial charge in [-0.3, -0.25) is 9.59 Å². The van der Waals surface area contributed by atoms with Crippen molar-refractivity contribution in [1.29, 1.82) is 0 Å². The average Bonchev–Trinajstić information content (AvgIpc) is 2.78. The Morgan fingerprint density at radius 3 is 2.27 bits per heavy atom. The summed E-state index contributed by atoms with van der Waals surface area (Å²) in [7, 11) is 0. The SMILES string of the molecule is CC(C)N1C(=O)C2(CCCCC2)C1C(=O)NCCN1CCC(N2CCCCC2)CC1. The van der Waals surface area contributed by atoms with Crippen LogP contribution in [0.15, 0.2) is 0 Å². The predicted molar refractivity (Wildman–Crippen MR) is 119 cm³/mol. The van der Waals surface area contributed by atoms with E-state index < -0.39 is 5.41 Å². The van der Waals surface area contributed by atoms with Gasteiger partial charge in [0.15, 0.2) is 0 Å². The van der Waals surface area contributed by atoms with Gasteiger partial charge < -0.3 is 20.0 Å². The molecule has 2 amide bonds. The molecule has 0 radical (unpaired) electrons. The van der Waals surface area contributed by atoms with Crippen LogP contribution in [0.5, 0.6) is 0 Å². The van der Waals surface area contributed by atoms with Crippen LogP contribution < -0.4 is 5.32 Å². The van der Waals surface area contributed by atoms with E-state index in [9.17, 15) is 9.59 Å². The quantitative estimate of drug-likeness (QED) is 0.674. The molecule has 6 heteroatoms. The normalized spacial score (nSPS) is 28.7. The number of amides is 2. The topological polar surface area (TPSA) is 55.9 Å². The summed E-state index contributed by atoms with van der Waals surface area (Å²) in [6.45, 7) is 10.5. The van der Waals surface area contributed by atoms with Crippen molar-refractivity contribution < 1.29 is 9.59 Å². The van der Waals surface area contributed by atoms with E-state index in [2.05, 4.69) is 15.1 Å². The lowest BCUT2D eigenvalue weighted by Gasteiger charge is -2.58. The van der Waals surface area contributed by atoms with Gasteiger partial charge in [-0.15, -0.1) is 0 Å². The van der Waals surface area contributed by atoms with E-state index in [4.69, 9.17) is 0 Å². The molecular weight excluding hydrogens is 376 g/mol. The van der Waals surface area contributed by atoms with E-state index >= 15 is 0 Å². The van der Waals surface area contributed by atoms with Crippen LogP contribution in [0.3, 0.4) is 0 Å². The zero-order valence-corrected chi connectivity index (χ0v) is 19.2. The first kappa shape index (κ1) is 22.1. The fourth-order valence-electron chi connectivity index (χ4n) is 6.50. The highest BCUT2D eigenvalue weighted by Gasteiger charge is 2.63. The molecule has 0 aromatic heterocycles. The van der Waals surface area contributed by atoms with E-state index in [-0.39, 0.29) is 23.9 Å². The second kappa shape index (κ2) is 9.56. The number of hydrogen-bond donors (Lipinski definition) is 1. The van der Waals surface area contributed by atoms with Gasteiger partial charge >= 0.3 is 0 Å². The summed E-state index contributed by atoms with van der Waals surface area (Å²) in [5.41, 5.74) is -0.403. The zero-order valence-electron chi connectivity index (χ0n) is 19.2. The van der Waals surface area contributed by atoms with Crippen molar-refractivity contribution in [2.75, 3.05) is 39.3 Å². The predicted octanol–water partition coefficient (Wildman–Crippen LogP) is 2.62. The number of rotatable bonds is 6. The molecule has 0 aromatic carbocycles. The molecule has 170 valence electrons. The molecule has 4 fully saturated rings. The maximum Gasteiger partial charge on any atom is 0.243 e. The third-order valence-electron chi connectivity index (χ3n) is 8.20. The smallest absolute Gasteiger partial charge is 0.243 e. The van der Waals surface area contributed by atoms with Crippen LogP contribution in [0.2, 0.25) is 0 Å². The Bertz CT molecular complexity index is 602.